The van der Waals surface area contributed by atoms with Crippen molar-refractivity contribution >= 4 is 80.9 Å². The van der Waals surface area contributed by atoms with E-state index in [-0.39, 0.29) is 0 Å². The van der Waals surface area contributed by atoms with Crippen molar-refractivity contribution < 1.29 is 0 Å². The SMILES string of the molecule is c1ccc(-c2ccc(N(c3cccc(-c4ccccc4-c4cc5ccccc5c5ccccc45)c3)c3ccc4c(c3)sc3cc5ccccc5cc34)cc2)cc1. The summed E-state index contributed by atoms with van der Waals surface area (Å²) in [6, 6.07) is 77.8. The number of thiophene rings is 1. The lowest BCUT2D eigenvalue weighted by Crippen LogP contribution is -2.10. The summed E-state index contributed by atoms with van der Waals surface area (Å²) in [5.41, 5.74) is 10.6. The second-order valence-corrected chi connectivity index (χ2v) is 15.6. The number of hydrogen-bond acceptors (Lipinski definition) is 2. The second kappa shape index (κ2) is 13.4. The summed E-state index contributed by atoms with van der Waals surface area (Å²) < 4.78 is 2.60. The minimum absolute atomic E-state index is 1.11. The molecule has 11 rings (SSSR count). The highest BCUT2D eigenvalue weighted by Gasteiger charge is 2.18. The van der Waals surface area contributed by atoms with Crippen molar-refractivity contribution in [2.24, 2.45) is 0 Å². The van der Waals surface area contributed by atoms with Crippen LogP contribution in [0.15, 0.2) is 212 Å². The van der Waals surface area contributed by atoms with Gasteiger partial charge in [-0.25, -0.2) is 0 Å². The average Bonchev–Trinajstić information content (AvgIpc) is 3.62. The zero-order valence-corrected chi connectivity index (χ0v) is 31.4. The molecule has 2 heteroatoms. The maximum absolute atomic E-state index is 2.41. The van der Waals surface area contributed by atoms with Crippen molar-refractivity contribution in [3.05, 3.63) is 212 Å². The Bertz CT molecular complexity index is 3250. The molecular formula is C54H35NS. The van der Waals surface area contributed by atoms with Crippen LogP contribution < -0.4 is 4.90 Å². The molecule has 56 heavy (non-hydrogen) atoms. The van der Waals surface area contributed by atoms with Crippen LogP contribution in [0.2, 0.25) is 0 Å². The Morgan fingerprint density at radius 2 is 0.857 bits per heavy atom. The standard InChI is InChI=1S/C54H35NS/c1-2-13-36(14-3-1)37-25-27-42(28-26-37)55(44-29-30-50-52-32-38-15-4-5-16-39(38)34-53(52)56-54(50)35-44)43-19-12-18-40(31-43)45-21-8-9-23-48(45)51-33-41-17-6-7-20-46(41)47-22-10-11-24-49(47)51/h1-35H. The van der Waals surface area contributed by atoms with Crippen molar-refractivity contribution in [2.75, 3.05) is 4.90 Å². The summed E-state index contributed by atoms with van der Waals surface area (Å²) >= 11 is 1.87. The Balaban J connectivity index is 1.08. The van der Waals surface area contributed by atoms with Gasteiger partial charge in [0, 0.05) is 37.2 Å². The number of fused-ring (bicyclic) bond motifs is 7. The summed E-state index contributed by atoms with van der Waals surface area (Å²) in [7, 11) is 0. The number of anilines is 3. The Morgan fingerprint density at radius 1 is 0.268 bits per heavy atom. The van der Waals surface area contributed by atoms with Crippen molar-refractivity contribution in [1.82, 2.24) is 0 Å². The highest BCUT2D eigenvalue weighted by molar-refractivity contribution is 7.25. The van der Waals surface area contributed by atoms with E-state index in [9.17, 15) is 0 Å². The highest BCUT2D eigenvalue weighted by atomic mass is 32.1. The zero-order valence-electron chi connectivity index (χ0n) is 30.6. The van der Waals surface area contributed by atoms with E-state index in [0.29, 0.717) is 0 Å². The monoisotopic (exact) mass is 729 g/mol. The van der Waals surface area contributed by atoms with Crippen molar-refractivity contribution in [2.45, 2.75) is 0 Å². The molecule has 1 heterocycles. The van der Waals surface area contributed by atoms with Crippen LogP contribution in [0, 0.1) is 0 Å². The normalized spacial score (nSPS) is 11.6. The van der Waals surface area contributed by atoms with Gasteiger partial charge in [-0.05, 0) is 120 Å². The van der Waals surface area contributed by atoms with Crippen LogP contribution in [-0.2, 0) is 0 Å². The van der Waals surface area contributed by atoms with Gasteiger partial charge in [0.15, 0.2) is 0 Å². The molecule has 0 aliphatic carbocycles. The molecule has 0 N–H and O–H groups in total. The first-order chi connectivity index (χ1) is 27.7. The Hall–Kier alpha value is -7.00. The van der Waals surface area contributed by atoms with Gasteiger partial charge >= 0.3 is 0 Å². The fourth-order valence-corrected chi connectivity index (χ4v) is 9.70. The van der Waals surface area contributed by atoms with Gasteiger partial charge in [0.1, 0.15) is 0 Å². The molecule has 0 saturated heterocycles. The third-order valence-corrected chi connectivity index (χ3v) is 12.3. The lowest BCUT2D eigenvalue weighted by molar-refractivity contribution is 1.29. The van der Waals surface area contributed by atoms with Crippen molar-refractivity contribution in [3.63, 3.8) is 0 Å². The molecule has 0 radical (unpaired) electrons. The summed E-state index contributed by atoms with van der Waals surface area (Å²) in [6.45, 7) is 0. The molecular weight excluding hydrogens is 695 g/mol. The minimum Gasteiger partial charge on any atom is -0.310 e. The van der Waals surface area contributed by atoms with Gasteiger partial charge in [-0.2, -0.15) is 0 Å². The second-order valence-electron chi connectivity index (χ2n) is 14.5. The summed E-state index contributed by atoms with van der Waals surface area (Å²) in [5, 5.41) is 10.2. The van der Waals surface area contributed by atoms with E-state index in [1.807, 2.05) is 11.3 Å². The molecule has 10 aromatic carbocycles. The molecule has 262 valence electrons. The third-order valence-electron chi connectivity index (χ3n) is 11.2. The predicted octanol–water partition coefficient (Wildman–Crippen LogP) is 16.0. The first-order valence-corrected chi connectivity index (χ1v) is 20.0. The van der Waals surface area contributed by atoms with Gasteiger partial charge < -0.3 is 4.90 Å². The lowest BCUT2D eigenvalue weighted by atomic mass is 9.89. The van der Waals surface area contributed by atoms with Crippen LogP contribution in [0.1, 0.15) is 0 Å². The van der Waals surface area contributed by atoms with Crippen LogP contribution >= 0.6 is 11.3 Å². The summed E-state index contributed by atoms with van der Waals surface area (Å²) in [6.07, 6.45) is 0. The molecule has 0 atom stereocenters. The number of rotatable bonds is 6. The van der Waals surface area contributed by atoms with Gasteiger partial charge in [-0.3, -0.25) is 0 Å². The van der Waals surface area contributed by atoms with E-state index < -0.39 is 0 Å². The lowest BCUT2D eigenvalue weighted by Gasteiger charge is -2.26. The molecule has 0 aliphatic rings. The Labute approximate surface area is 330 Å². The van der Waals surface area contributed by atoms with E-state index >= 15 is 0 Å². The predicted molar refractivity (Wildman–Crippen MR) is 243 cm³/mol. The highest BCUT2D eigenvalue weighted by Crippen LogP contribution is 2.44. The van der Waals surface area contributed by atoms with E-state index in [4.69, 9.17) is 0 Å². The van der Waals surface area contributed by atoms with Crippen molar-refractivity contribution in [1.29, 1.82) is 0 Å². The molecule has 0 spiro atoms. The average molecular weight is 730 g/mol. The van der Waals surface area contributed by atoms with E-state index in [2.05, 4.69) is 217 Å². The van der Waals surface area contributed by atoms with Gasteiger partial charge in [-0.1, -0.05) is 158 Å². The van der Waals surface area contributed by atoms with E-state index in [1.54, 1.807) is 0 Å². The van der Waals surface area contributed by atoms with Crippen LogP contribution in [0.3, 0.4) is 0 Å². The topological polar surface area (TPSA) is 3.24 Å². The third kappa shape index (κ3) is 5.54. The van der Waals surface area contributed by atoms with Gasteiger partial charge in [0.2, 0.25) is 0 Å². The van der Waals surface area contributed by atoms with Crippen LogP contribution in [0.25, 0.3) is 85.9 Å². The van der Waals surface area contributed by atoms with Gasteiger partial charge in [-0.15, -0.1) is 11.3 Å². The molecule has 0 unspecified atom stereocenters. The Kier molecular flexibility index (Phi) is 7.75. The molecule has 1 aromatic heterocycles. The minimum atomic E-state index is 1.11. The number of benzene rings is 10. The maximum atomic E-state index is 2.41. The van der Waals surface area contributed by atoms with E-state index in [0.717, 1.165) is 17.1 Å². The molecule has 0 amide bonds. The molecule has 0 fully saturated rings. The quantitative estimate of drug-likeness (QED) is 0.154. The first-order valence-electron chi connectivity index (χ1n) is 19.2. The van der Waals surface area contributed by atoms with Crippen LogP contribution in [-0.4, -0.2) is 0 Å². The Morgan fingerprint density at radius 3 is 1.68 bits per heavy atom. The fourth-order valence-electron chi connectivity index (χ4n) is 8.53. The summed E-state index contributed by atoms with van der Waals surface area (Å²) in [5.74, 6) is 0. The van der Waals surface area contributed by atoms with Crippen LogP contribution in [0.5, 0.6) is 0 Å². The first kappa shape index (κ1) is 32.4. The smallest absolute Gasteiger partial charge is 0.0476 e. The van der Waals surface area contributed by atoms with Crippen LogP contribution in [0.4, 0.5) is 17.1 Å². The number of hydrogen-bond donors (Lipinski definition) is 0. The largest absolute Gasteiger partial charge is 0.310 e. The van der Waals surface area contributed by atoms with E-state index in [1.165, 1.54) is 85.9 Å². The zero-order chi connectivity index (χ0) is 37.0. The summed E-state index contributed by atoms with van der Waals surface area (Å²) in [4.78, 5) is 2.41. The molecule has 1 nitrogen and oxygen atoms in total. The van der Waals surface area contributed by atoms with Gasteiger partial charge in [0.05, 0.1) is 0 Å². The number of nitrogens with zero attached hydrogens (tertiary/aromatic N) is 1. The van der Waals surface area contributed by atoms with Crippen molar-refractivity contribution in [3.8, 4) is 33.4 Å². The molecule has 0 bridgehead atoms. The maximum Gasteiger partial charge on any atom is 0.0476 e. The molecule has 0 aliphatic heterocycles. The molecule has 0 saturated carbocycles. The van der Waals surface area contributed by atoms with Gasteiger partial charge in [0.25, 0.3) is 0 Å². The fraction of sp³-hybridized carbons (Fsp3) is 0. The molecule has 11 aromatic rings.